The van der Waals surface area contributed by atoms with Gasteiger partial charge in [-0.2, -0.15) is 0 Å². The highest BCUT2D eigenvalue weighted by molar-refractivity contribution is 6.31. The number of aromatic nitrogens is 2. The lowest BCUT2D eigenvalue weighted by atomic mass is 9.90. The quantitative estimate of drug-likeness (QED) is 0.459. The van der Waals surface area contributed by atoms with E-state index in [1.54, 1.807) is 18.2 Å². The second kappa shape index (κ2) is 8.21. The van der Waals surface area contributed by atoms with Crippen molar-refractivity contribution in [2.45, 2.75) is 19.4 Å². The Bertz CT molecular complexity index is 1250. The molecule has 3 N–H and O–H groups in total. The van der Waals surface area contributed by atoms with Gasteiger partial charge < -0.3 is 15.8 Å². The third-order valence-electron chi connectivity index (χ3n) is 6.15. The predicted molar refractivity (Wildman–Crippen MR) is 124 cm³/mol. The third-order valence-corrected chi connectivity index (χ3v) is 6.44. The molecule has 0 radical (unpaired) electrons. The number of hydrogen-bond acceptors (Lipinski definition) is 6. The van der Waals surface area contributed by atoms with Crippen LogP contribution >= 0.6 is 11.6 Å². The first-order valence-corrected chi connectivity index (χ1v) is 10.9. The molecule has 5 rings (SSSR count). The summed E-state index contributed by atoms with van der Waals surface area (Å²) in [6.07, 6.45) is 2.45. The monoisotopic (exact) mass is 451 g/mol. The van der Waals surface area contributed by atoms with Gasteiger partial charge in [0.25, 0.3) is 0 Å². The van der Waals surface area contributed by atoms with Crippen molar-refractivity contribution < 1.29 is 9.13 Å². The molecule has 0 bridgehead atoms. The minimum absolute atomic E-state index is 0.0363. The fourth-order valence-electron chi connectivity index (χ4n) is 4.12. The molecule has 32 heavy (non-hydrogen) atoms. The van der Waals surface area contributed by atoms with Gasteiger partial charge in [0.2, 0.25) is 0 Å². The van der Waals surface area contributed by atoms with Crippen LogP contribution in [0.4, 0.5) is 21.6 Å². The van der Waals surface area contributed by atoms with Gasteiger partial charge in [0, 0.05) is 35.1 Å². The Kier molecular flexibility index (Phi) is 5.38. The number of hydrogen-bond donors (Lipinski definition) is 2. The van der Waals surface area contributed by atoms with Crippen LogP contribution in [-0.4, -0.2) is 47.2 Å². The van der Waals surface area contributed by atoms with Gasteiger partial charge in [-0.1, -0.05) is 29.5 Å². The number of fused-ring (bicyclic) bond motifs is 1. The Balaban J connectivity index is 1.43. The summed E-state index contributed by atoms with van der Waals surface area (Å²) in [6.45, 7) is 5.80. The highest BCUT2D eigenvalue weighted by atomic mass is 35.5. The summed E-state index contributed by atoms with van der Waals surface area (Å²) in [5, 5.41) is 3.71. The SMILES string of the molecule is C[C@@]1(C#Cc2cc3ncnc(Nc4cccc(Cl)c4F)c3cc2N)CCN(C2COC2)C1. The van der Waals surface area contributed by atoms with Gasteiger partial charge in [0.05, 0.1) is 35.5 Å². The van der Waals surface area contributed by atoms with E-state index in [2.05, 4.69) is 38.9 Å². The van der Waals surface area contributed by atoms with Gasteiger partial charge in [0.1, 0.15) is 12.1 Å². The number of nitrogens with zero attached hydrogens (tertiary/aromatic N) is 3. The number of nitrogens with one attached hydrogen (secondary N) is 1. The molecule has 8 heteroatoms. The first-order valence-electron chi connectivity index (χ1n) is 10.5. The Morgan fingerprint density at radius 3 is 2.94 bits per heavy atom. The normalized spacial score (nSPS) is 21.2. The first-order chi connectivity index (χ1) is 15.4. The molecular weight excluding hydrogens is 429 g/mol. The van der Waals surface area contributed by atoms with E-state index >= 15 is 0 Å². The van der Waals surface area contributed by atoms with Crippen molar-refractivity contribution in [3.8, 4) is 11.8 Å². The largest absolute Gasteiger partial charge is 0.398 e. The Labute approximate surface area is 190 Å². The van der Waals surface area contributed by atoms with Crippen molar-refractivity contribution in [3.05, 3.63) is 53.1 Å². The molecule has 1 atom stereocenters. The Hall–Kier alpha value is -2.92. The van der Waals surface area contributed by atoms with Crippen LogP contribution in [0.3, 0.4) is 0 Å². The summed E-state index contributed by atoms with van der Waals surface area (Å²) in [7, 11) is 0. The van der Waals surface area contributed by atoms with E-state index < -0.39 is 5.82 Å². The molecule has 164 valence electrons. The maximum atomic E-state index is 14.3. The van der Waals surface area contributed by atoms with Crippen molar-refractivity contribution in [1.29, 1.82) is 0 Å². The predicted octanol–water partition coefficient (Wildman–Crippen LogP) is 4.21. The molecule has 2 fully saturated rings. The fraction of sp³-hybridized carbons (Fsp3) is 0.333. The standard InChI is InChI=1S/C24H23ClFN5O/c1-24(7-8-31(13-24)16-11-32-12-16)6-5-15-9-21-17(10-19(15)27)23(29-14-28-21)30-20-4-2-3-18(25)22(20)26/h2-4,9-10,14,16H,7-8,11-13,27H2,1H3,(H,28,29,30)/t24-/m1/s1. The van der Waals surface area contributed by atoms with Crippen LogP contribution in [0.1, 0.15) is 18.9 Å². The highest BCUT2D eigenvalue weighted by Gasteiger charge is 2.38. The molecule has 3 aromatic rings. The molecule has 2 aliphatic rings. The molecule has 2 aromatic carbocycles. The summed E-state index contributed by atoms with van der Waals surface area (Å²) in [5.74, 6) is 6.63. The summed E-state index contributed by atoms with van der Waals surface area (Å²) < 4.78 is 19.6. The van der Waals surface area contributed by atoms with Crippen LogP contribution in [0.15, 0.2) is 36.7 Å². The molecule has 0 unspecified atom stereocenters. The lowest BCUT2D eigenvalue weighted by molar-refractivity contribution is -0.0587. The zero-order chi connectivity index (χ0) is 22.3. The van der Waals surface area contributed by atoms with E-state index in [1.807, 2.05) is 6.07 Å². The van der Waals surface area contributed by atoms with Crippen LogP contribution in [0, 0.1) is 23.1 Å². The number of benzene rings is 2. The number of anilines is 3. The summed E-state index contributed by atoms with van der Waals surface area (Å²) in [5.41, 5.74) is 8.40. The zero-order valence-electron chi connectivity index (χ0n) is 17.7. The van der Waals surface area contributed by atoms with Gasteiger partial charge in [-0.15, -0.1) is 0 Å². The van der Waals surface area contributed by atoms with Gasteiger partial charge in [-0.05, 0) is 37.6 Å². The van der Waals surface area contributed by atoms with Crippen molar-refractivity contribution >= 4 is 39.7 Å². The number of rotatable bonds is 3. The second-order valence-corrected chi connectivity index (χ2v) is 9.03. The number of nitrogens with two attached hydrogens (primary N) is 1. The molecule has 0 saturated carbocycles. The van der Waals surface area contributed by atoms with Crippen LogP contribution in [0.5, 0.6) is 0 Å². The van der Waals surface area contributed by atoms with Crippen LogP contribution in [-0.2, 0) is 4.74 Å². The minimum atomic E-state index is -0.538. The molecular formula is C24H23ClFN5O. The third kappa shape index (κ3) is 3.97. The molecule has 2 aliphatic heterocycles. The molecule has 0 amide bonds. The molecule has 6 nitrogen and oxygen atoms in total. The van der Waals surface area contributed by atoms with Gasteiger partial charge in [-0.3, -0.25) is 4.90 Å². The van der Waals surface area contributed by atoms with E-state index in [0.29, 0.717) is 28.5 Å². The average molecular weight is 452 g/mol. The number of ether oxygens (including phenoxy) is 1. The maximum absolute atomic E-state index is 14.3. The fourth-order valence-corrected chi connectivity index (χ4v) is 4.29. The number of nitrogen functional groups attached to an aromatic ring is 1. The number of halogens is 2. The topological polar surface area (TPSA) is 76.3 Å². The smallest absolute Gasteiger partial charge is 0.165 e. The van der Waals surface area contributed by atoms with Crippen LogP contribution in [0.2, 0.25) is 5.02 Å². The van der Waals surface area contributed by atoms with Crippen molar-refractivity contribution in [2.24, 2.45) is 5.41 Å². The summed E-state index contributed by atoms with van der Waals surface area (Å²) in [4.78, 5) is 11.1. The van der Waals surface area contributed by atoms with E-state index in [0.717, 1.165) is 38.3 Å². The van der Waals surface area contributed by atoms with E-state index in [1.165, 1.54) is 12.4 Å². The van der Waals surface area contributed by atoms with Crippen molar-refractivity contribution in [3.63, 3.8) is 0 Å². The summed E-state index contributed by atoms with van der Waals surface area (Å²) >= 11 is 5.89. The second-order valence-electron chi connectivity index (χ2n) is 8.63. The van der Waals surface area contributed by atoms with Crippen molar-refractivity contribution in [1.82, 2.24) is 14.9 Å². The van der Waals surface area contributed by atoms with E-state index in [-0.39, 0.29) is 16.1 Å². The van der Waals surface area contributed by atoms with Gasteiger partial charge >= 0.3 is 0 Å². The molecule has 1 aromatic heterocycles. The Morgan fingerprint density at radius 1 is 1.31 bits per heavy atom. The lowest BCUT2D eigenvalue weighted by Gasteiger charge is -2.35. The highest BCUT2D eigenvalue weighted by Crippen LogP contribution is 2.33. The van der Waals surface area contributed by atoms with Gasteiger partial charge in [0.15, 0.2) is 5.82 Å². The molecule has 0 spiro atoms. The average Bonchev–Trinajstić information content (AvgIpc) is 3.11. The Morgan fingerprint density at radius 2 is 2.16 bits per heavy atom. The molecule has 3 heterocycles. The minimum Gasteiger partial charge on any atom is -0.398 e. The zero-order valence-corrected chi connectivity index (χ0v) is 18.4. The van der Waals surface area contributed by atoms with E-state index in [4.69, 9.17) is 22.1 Å². The summed E-state index contributed by atoms with van der Waals surface area (Å²) in [6, 6.07) is 8.92. The van der Waals surface area contributed by atoms with Gasteiger partial charge in [-0.25, -0.2) is 14.4 Å². The molecule has 0 aliphatic carbocycles. The molecule has 2 saturated heterocycles. The van der Waals surface area contributed by atoms with Crippen molar-refractivity contribution in [2.75, 3.05) is 37.4 Å². The number of likely N-dealkylation sites (tertiary alicyclic amines) is 1. The lowest BCUT2D eigenvalue weighted by Crippen LogP contribution is -2.48. The first kappa shape index (κ1) is 21.0. The van der Waals surface area contributed by atoms with Crippen LogP contribution < -0.4 is 11.1 Å². The van der Waals surface area contributed by atoms with E-state index in [9.17, 15) is 4.39 Å². The van der Waals surface area contributed by atoms with Crippen LogP contribution in [0.25, 0.3) is 10.9 Å². The maximum Gasteiger partial charge on any atom is 0.165 e.